The van der Waals surface area contributed by atoms with E-state index in [-0.39, 0.29) is 18.4 Å². The van der Waals surface area contributed by atoms with Gasteiger partial charge < -0.3 is 15.4 Å². The van der Waals surface area contributed by atoms with Crippen molar-refractivity contribution in [3.05, 3.63) is 59.4 Å². The molecule has 1 aliphatic rings. The second-order valence-electron chi connectivity index (χ2n) is 6.28. The first-order valence-electron chi connectivity index (χ1n) is 8.23. The zero-order chi connectivity index (χ0) is 20.5. The van der Waals surface area contributed by atoms with Crippen molar-refractivity contribution in [2.45, 2.75) is 12.8 Å². The van der Waals surface area contributed by atoms with E-state index in [1.165, 1.54) is 31.4 Å². The van der Waals surface area contributed by atoms with Crippen molar-refractivity contribution in [2.75, 3.05) is 17.7 Å². The predicted octanol–water partition coefficient (Wildman–Crippen LogP) is 3.25. The molecule has 2 aromatic rings. The number of carbonyl (C=O) groups is 3. The smallest absolute Gasteiger partial charge is 0.337 e. The summed E-state index contributed by atoms with van der Waals surface area (Å²) < 4.78 is 44.6. The third kappa shape index (κ3) is 3.55. The van der Waals surface area contributed by atoms with E-state index in [0.717, 1.165) is 6.07 Å². The first-order chi connectivity index (χ1) is 13.3. The van der Waals surface area contributed by atoms with Crippen LogP contribution in [0.15, 0.2) is 36.4 Å². The zero-order valence-corrected chi connectivity index (χ0v) is 14.6. The van der Waals surface area contributed by atoms with E-state index in [4.69, 9.17) is 0 Å². The molecule has 0 bridgehead atoms. The molecule has 0 aromatic heterocycles. The highest BCUT2D eigenvalue weighted by molar-refractivity contribution is 6.17. The minimum absolute atomic E-state index is 0.218. The fourth-order valence-electron chi connectivity index (χ4n) is 2.60. The Bertz CT molecular complexity index is 956. The van der Waals surface area contributed by atoms with Crippen LogP contribution in [0, 0.1) is 22.9 Å². The lowest BCUT2D eigenvalue weighted by atomic mass is 10.0. The van der Waals surface area contributed by atoms with Crippen LogP contribution in [0.25, 0.3) is 0 Å². The number of hydrogen-bond donors (Lipinski definition) is 2. The maximum atomic E-state index is 13.7. The molecule has 6 nitrogen and oxygen atoms in total. The van der Waals surface area contributed by atoms with Crippen molar-refractivity contribution in [3.63, 3.8) is 0 Å². The molecule has 0 saturated heterocycles. The zero-order valence-electron chi connectivity index (χ0n) is 14.6. The van der Waals surface area contributed by atoms with Gasteiger partial charge in [-0.15, -0.1) is 0 Å². The number of nitrogens with one attached hydrogen (secondary N) is 2. The molecule has 2 aromatic carbocycles. The van der Waals surface area contributed by atoms with Crippen LogP contribution < -0.4 is 10.6 Å². The van der Waals surface area contributed by atoms with Crippen LogP contribution in [0.5, 0.6) is 0 Å². The number of anilines is 2. The van der Waals surface area contributed by atoms with E-state index in [9.17, 15) is 27.6 Å². The Hall–Kier alpha value is -3.36. The number of amides is 2. The first-order valence-corrected chi connectivity index (χ1v) is 8.23. The van der Waals surface area contributed by atoms with Crippen molar-refractivity contribution >= 4 is 29.2 Å². The van der Waals surface area contributed by atoms with Crippen molar-refractivity contribution < 1.29 is 32.3 Å². The average Bonchev–Trinajstić information content (AvgIpc) is 3.50. The van der Waals surface area contributed by atoms with E-state index in [0.29, 0.717) is 11.8 Å². The van der Waals surface area contributed by atoms with E-state index < -0.39 is 46.3 Å². The summed E-state index contributed by atoms with van der Waals surface area (Å²) in [5.74, 6) is -6.62. The summed E-state index contributed by atoms with van der Waals surface area (Å²) in [6, 6.07) is 7.37. The fourth-order valence-corrected chi connectivity index (χ4v) is 2.60. The van der Waals surface area contributed by atoms with Gasteiger partial charge in [-0.3, -0.25) is 9.59 Å². The van der Waals surface area contributed by atoms with Crippen LogP contribution in [0.4, 0.5) is 24.5 Å². The maximum absolute atomic E-state index is 13.7. The average molecular weight is 392 g/mol. The Morgan fingerprint density at radius 2 is 1.50 bits per heavy atom. The molecule has 28 heavy (non-hydrogen) atoms. The number of benzene rings is 2. The summed E-state index contributed by atoms with van der Waals surface area (Å²) in [6.07, 6.45) is 0.437. The monoisotopic (exact) mass is 392 g/mol. The van der Waals surface area contributed by atoms with Gasteiger partial charge in [-0.25, -0.2) is 18.0 Å². The molecule has 2 N–H and O–H groups in total. The summed E-state index contributed by atoms with van der Waals surface area (Å²) in [7, 11) is 1.24. The van der Waals surface area contributed by atoms with E-state index in [2.05, 4.69) is 15.4 Å². The standard InChI is InChI=1S/C19H15F3N2O4/c1-28-16(25)10-2-4-11(5-3-10)23-17(26)19(8-9-19)18(27)24-13-7-6-12(20)14(21)15(13)22/h2-7H,8-9H2,1H3,(H,23,26)(H,24,27). The fraction of sp³-hybridized carbons (Fsp3) is 0.211. The number of rotatable bonds is 5. The topological polar surface area (TPSA) is 84.5 Å². The van der Waals surface area contributed by atoms with Crippen LogP contribution in [0.1, 0.15) is 23.2 Å². The summed E-state index contributed by atoms with van der Waals surface area (Å²) in [6.45, 7) is 0. The number of hydrogen-bond acceptors (Lipinski definition) is 4. The highest BCUT2D eigenvalue weighted by Crippen LogP contribution is 2.47. The van der Waals surface area contributed by atoms with E-state index in [1.807, 2.05) is 0 Å². The lowest BCUT2D eigenvalue weighted by molar-refractivity contribution is -0.131. The molecule has 1 fully saturated rings. The molecule has 0 radical (unpaired) electrons. The van der Waals surface area contributed by atoms with Gasteiger partial charge in [-0.2, -0.15) is 0 Å². The predicted molar refractivity (Wildman–Crippen MR) is 93.0 cm³/mol. The van der Waals surface area contributed by atoms with Gasteiger partial charge in [0.05, 0.1) is 18.4 Å². The third-order valence-electron chi connectivity index (χ3n) is 4.47. The summed E-state index contributed by atoms with van der Waals surface area (Å²) in [5, 5.41) is 4.69. The highest BCUT2D eigenvalue weighted by Gasteiger charge is 2.56. The first kappa shape index (κ1) is 19.4. The minimum atomic E-state index is -1.71. The Kier molecular flexibility index (Phi) is 5.08. The van der Waals surface area contributed by atoms with Gasteiger partial charge in [0, 0.05) is 5.69 Å². The third-order valence-corrected chi connectivity index (χ3v) is 4.47. The van der Waals surface area contributed by atoms with Gasteiger partial charge in [0.25, 0.3) is 0 Å². The number of carbonyl (C=O) groups excluding carboxylic acids is 3. The van der Waals surface area contributed by atoms with Gasteiger partial charge in [0.2, 0.25) is 11.8 Å². The second-order valence-corrected chi connectivity index (χ2v) is 6.28. The normalized spacial score (nSPS) is 14.1. The number of esters is 1. The molecule has 2 amide bonds. The van der Waals surface area contributed by atoms with Gasteiger partial charge >= 0.3 is 5.97 Å². The maximum Gasteiger partial charge on any atom is 0.337 e. The Labute approximate surface area is 157 Å². The van der Waals surface area contributed by atoms with E-state index >= 15 is 0 Å². The van der Waals surface area contributed by atoms with Crippen molar-refractivity contribution in [1.82, 2.24) is 0 Å². The van der Waals surface area contributed by atoms with Crippen LogP contribution in [-0.4, -0.2) is 24.9 Å². The van der Waals surface area contributed by atoms with Gasteiger partial charge in [-0.05, 0) is 49.2 Å². The molecule has 9 heteroatoms. The van der Waals surface area contributed by atoms with Gasteiger partial charge in [0.15, 0.2) is 17.5 Å². The Morgan fingerprint density at radius 3 is 2.07 bits per heavy atom. The van der Waals surface area contributed by atoms with Crippen molar-refractivity contribution in [1.29, 1.82) is 0 Å². The van der Waals surface area contributed by atoms with Crippen LogP contribution >= 0.6 is 0 Å². The van der Waals surface area contributed by atoms with Crippen molar-refractivity contribution in [2.24, 2.45) is 5.41 Å². The molecule has 1 aliphatic carbocycles. The Balaban J connectivity index is 1.70. The largest absolute Gasteiger partial charge is 0.465 e. The highest BCUT2D eigenvalue weighted by atomic mass is 19.2. The van der Waals surface area contributed by atoms with Crippen molar-refractivity contribution in [3.8, 4) is 0 Å². The molecule has 3 rings (SSSR count). The molecule has 146 valence electrons. The summed E-state index contributed by atoms with van der Waals surface area (Å²) in [4.78, 5) is 36.4. The second kappa shape index (κ2) is 7.34. The van der Waals surface area contributed by atoms with Crippen LogP contribution in [-0.2, 0) is 14.3 Å². The number of halogens is 3. The van der Waals surface area contributed by atoms with Gasteiger partial charge in [-0.1, -0.05) is 0 Å². The molecule has 0 aliphatic heterocycles. The molecular weight excluding hydrogens is 377 g/mol. The quantitative estimate of drug-likeness (QED) is 0.465. The minimum Gasteiger partial charge on any atom is -0.465 e. The Morgan fingerprint density at radius 1 is 0.893 bits per heavy atom. The molecule has 0 atom stereocenters. The lowest BCUT2D eigenvalue weighted by Crippen LogP contribution is -2.36. The molecule has 0 heterocycles. The SMILES string of the molecule is COC(=O)c1ccc(NC(=O)C2(C(=O)Nc3ccc(F)c(F)c3F)CC2)cc1. The molecule has 1 saturated carbocycles. The van der Waals surface area contributed by atoms with E-state index in [1.54, 1.807) is 0 Å². The van der Waals surface area contributed by atoms with Crippen LogP contribution in [0.2, 0.25) is 0 Å². The van der Waals surface area contributed by atoms with Gasteiger partial charge in [0.1, 0.15) is 5.41 Å². The number of methoxy groups -OCH3 is 1. The molecule has 0 spiro atoms. The van der Waals surface area contributed by atoms with Crippen LogP contribution in [0.3, 0.4) is 0 Å². The molecular formula is C19H15F3N2O4. The molecule has 0 unspecified atom stereocenters. The summed E-state index contributed by atoms with van der Waals surface area (Å²) >= 11 is 0. The summed E-state index contributed by atoms with van der Waals surface area (Å²) in [5.41, 5.74) is -1.35. The number of ether oxygens (including phenoxy) is 1. The lowest BCUT2D eigenvalue weighted by Gasteiger charge is -2.16.